The van der Waals surface area contributed by atoms with Crippen LogP contribution in [0.3, 0.4) is 0 Å². The van der Waals surface area contributed by atoms with Crippen molar-refractivity contribution in [2.45, 2.75) is 18.6 Å². The summed E-state index contributed by atoms with van der Waals surface area (Å²) in [5.74, 6) is -0.141. The number of rotatable bonds is 5. The maximum atomic E-state index is 12.5. The Bertz CT molecular complexity index is 910. The lowest BCUT2D eigenvalue weighted by Crippen LogP contribution is -2.63. The van der Waals surface area contributed by atoms with Crippen LogP contribution in [-0.4, -0.2) is 35.8 Å². The maximum Gasteiger partial charge on any atom is 0.234 e. The molecule has 9 heteroatoms. The molecule has 0 saturated carbocycles. The number of carbonyl (C=O) groups is 2. The zero-order chi connectivity index (χ0) is 20.4. The Labute approximate surface area is 178 Å². The van der Waals surface area contributed by atoms with E-state index in [1.807, 2.05) is 60.5 Å². The van der Waals surface area contributed by atoms with E-state index < -0.39 is 0 Å². The van der Waals surface area contributed by atoms with Crippen molar-refractivity contribution in [2.75, 3.05) is 22.6 Å². The lowest BCUT2D eigenvalue weighted by molar-refractivity contribution is -0.127. The fourth-order valence-corrected chi connectivity index (χ4v) is 4.40. The summed E-state index contributed by atoms with van der Waals surface area (Å²) < 4.78 is 0. The summed E-state index contributed by atoms with van der Waals surface area (Å²) in [5, 5.41) is 11.9. The van der Waals surface area contributed by atoms with Crippen molar-refractivity contribution >= 4 is 46.6 Å². The Hall–Kier alpha value is -2.26. The predicted octanol–water partition coefficient (Wildman–Crippen LogP) is 2.29. The van der Waals surface area contributed by atoms with Gasteiger partial charge in [0, 0.05) is 17.3 Å². The summed E-state index contributed by atoms with van der Waals surface area (Å²) in [7, 11) is 0. The number of nitrogens with one attached hydrogen (secondary N) is 4. The first-order chi connectivity index (χ1) is 14.0. The van der Waals surface area contributed by atoms with Gasteiger partial charge >= 0.3 is 0 Å². The van der Waals surface area contributed by atoms with Crippen molar-refractivity contribution in [1.29, 1.82) is 0 Å². The lowest BCUT2D eigenvalue weighted by atomic mass is 10.1. The molecule has 2 aliphatic heterocycles. The molecule has 2 saturated heterocycles. The van der Waals surface area contributed by atoms with Crippen LogP contribution in [0.5, 0.6) is 0 Å². The Morgan fingerprint density at radius 2 is 2.00 bits per heavy atom. The van der Waals surface area contributed by atoms with Crippen LogP contribution in [0.1, 0.15) is 5.56 Å². The summed E-state index contributed by atoms with van der Waals surface area (Å²) >= 11 is 7.33. The van der Waals surface area contributed by atoms with Gasteiger partial charge in [0.05, 0.1) is 17.4 Å². The molecule has 0 radical (unpaired) electrons. The number of para-hydroxylation sites is 1. The van der Waals surface area contributed by atoms with Gasteiger partial charge in [0.2, 0.25) is 11.8 Å². The molecule has 29 heavy (non-hydrogen) atoms. The quantitative estimate of drug-likeness (QED) is 0.581. The molecular weight excluding hydrogens is 410 g/mol. The maximum absolute atomic E-state index is 12.5. The van der Waals surface area contributed by atoms with E-state index in [4.69, 9.17) is 11.6 Å². The monoisotopic (exact) mass is 431 g/mol. The highest BCUT2D eigenvalue weighted by Gasteiger charge is 2.44. The van der Waals surface area contributed by atoms with Crippen LogP contribution in [0.4, 0.5) is 11.4 Å². The fourth-order valence-electron chi connectivity index (χ4n) is 3.45. The van der Waals surface area contributed by atoms with Crippen LogP contribution < -0.4 is 26.4 Å². The Morgan fingerprint density at radius 1 is 1.24 bits per heavy atom. The molecule has 3 unspecified atom stereocenters. The normalized spacial score (nSPS) is 23.4. The molecule has 0 aromatic heterocycles. The number of amides is 2. The topological polar surface area (TPSA) is 85.5 Å². The summed E-state index contributed by atoms with van der Waals surface area (Å²) in [5.41, 5.74) is 5.64. The number of carbonyl (C=O) groups excluding carboxylic acids is 2. The largest absolute Gasteiger partial charge is 0.331 e. The van der Waals surface area contributed by atoms with Gasteiger partial charge < -0.3 is 10.6 Å². The number of hydrogen-bond donors (Lipinski definition) is 4. The van der Waals surface area contributed by atoms with Crippen molar-refractivity contribution in [3.05, 3.63) is 59.1 Å². The van der Waals surface area contributed by atoms with Crippen molar-refractivity contribution in [1.82, 2.24) is 16.1 Å². The number of benzene rings is 2. The fraction of sp³-hybridized carbons (Fsp3) is 0.300. The number of nitrogens with zero attached hydrogens (tertiary/aromatic N) is 1. The molecule has 2 aliphatic rings. The molecule has 2 heterocycles. The van der Waals surface area contributed by atoms with Crippen LogP contribution in [0.15, 0.2) is 48.5 Å². The molecule has 7 nitrogen and oxygen atoms in total. The van der Waals surface area contributed by atoms with Gasteiger partial charge in [-0.05, 0) is 42.8 Å². The second-order valence-electron chi connectivity index (χ2n) is 6.99. The van der Waals surface area contributed by atoms with E-state index in [1.54, 1.807) is 0 Å². The highest BCUT2D eigenvalue weighted by Crippen LogP contribution is 2.28. The third kappa shape index (κ3) is 4.51. The van der Waals surface area contributed by atoms with E-state index in [9.17, 15) is 9.59 Å². The average Bonchev–Trinajstić information content (AvgIpc) is 3.13. The molecule has 2 fully saturated rings. The molecule has 2 amide bonds. The summed E-state index contributed by atoms with van der Waals surface area (Å²) in [6.45, 7) is 2.49. The Balaban J connectivity index is 1.37. The van der Waals surface area contributed by atoms with Gasteiger partial charge in [0.15, 0.2) is 0 Å². The molecule has 2 aromatic carbocycles. The zero-order valence-corrected chi connectivity index (χ0v) is 17.4. The number of fused-ring (bicyclic) bond motifs is 1. The van der Waals surface area contributed by atoms with Crippen LogP contribution >= 0.6 is 23.4 Å². The minimum Gasteiger partial charge on any atom is -0.331 e. The number of anilines is 2. The predicted molar refractivity (Wildman–Crippen MR) is 117 cm³/mol. The van der Waals surface area contributed by atoms with Gasteiger partial charge in [-0.25, -0.2) is 5.43 Å². The van der Waals surface area contributed by atoms with Crippen molar-refractivity contribution in [3.8, 4) is 0 Å². The van der Waals surface area contributed by atoms with Gasteiger partial charge in [-0.2, -0.15) is 0 Å². The molecule has 152 valence electrons. The summed E-state index contributed by atoms with van der Waals surface area (Å²) in [6.07, 6.45) is -0.207. The van der Waals surface area contributed by atoms with Crippen molar-refractivity contribution in [2.24, 2.45) is 5.92 Å². The minimum absolute atomic E-state index is 0.0328. The first-order valence-corrected chi connectivity index (χ1v) is 10.8. The molecule has 4 rings (SSSR count). The van der Waals surface area contributed by atoms with Gasteiger partial charge in [0.25, 0.3) is 0 Å². The number of aryl methyl sites for hydroxylation is 1. The van der Waals surface area contributed by atoms with E-state index in [-0.39, 0.29) is 35.1 Å². The van der Waals surface area contributed by atoms with Gasteiger partial charge in [0.1, 0.15) is 11.7 Å². The first-order valence-electron chi connectivity index (χ1n) is 9.33. The van der Waals surface area contributed by atoms with E-state index in [1.165, 1.54) is 11.8 Å². The second-order valence-corrected chi connectivity index (χ2v) is 8.52. The molecule has 0 spiro atoms. The Morgan fingerprint density at radius 3 is 2.76 bits per heavy atom. The van der Waals surface area contributed by atoms with E-state index >= 15 is 0 Å². The minimum atomic E-state index is -0.360. The summed E-state index contributed by atoms with van der Waals surface area (Å²) in [4.78, 5) is 24.9. The highest BCUT2D eigenvalue weighted by molar-refractivity contribution is 8.00. The Kier molecular flexibility index (Phi) is 5.96. The van der Waals surface area contributed by atoms with E-state index in [0.717, 1.165) is 16.9 Å². The van der Waals surface area contributed by atoms with Crippen LogP contribution in [0.25, 0.3) is 0 Å². The van der Waals surface area contributed by atoms with Gasteiger partial charge in [-0.1, -0.05) is 29.8 Å². The molecule has 2 aromatic rings. The second kappa shape index (κ2) is 8.62. The van der Waals surface area contributed by atoms with Gasteiger partial charge in [-0.15, -0.1) is 11.8 Å². The van der Waals surface area contributed by atoms with Crippen LogP contribution in [0.2, 0.25) is 5.02 Å². The van der Waals surface area contributed by atoms with Crippen LogP contribution in [-0.2, 0) is 9.59 Å². The van der Waals surface area contributed by atoms with Crippen molar-refractivity contribution in [3.63, 3.8) is 0 Å². The highest BCUT2D eigenvalue weighted by atomic mass is 35.5. The van der Waals surface area contributed by atoms with E-state index in [0.29, 0.717) is 11.6 Å². The lowest BCUT2D eigenvalue weighted by Gasteiger charge is -2.37. The molecule has 3 atom stereocenters. The third-order valence-electron chi connectivity index (χ3n) is 4.98. The van der Waals surface area contributed by atoms with E-state index in [2.05, 4.69) is 21.4 Å². The smallest absolute Gasteiger partial charge is 0.234 e. The molecular formula is C20H22ClN5O2S. The zero-order valence-electron chi connectivity index (χ0n) is 15.8. The first kappa shape index (κ1) is 20.0. The molecule has 0 bridgehead atoms. The number of halogens is 1. The third-order valence-corrected chi connectivity index (χ3v) is 6.25. The number of thioether (sulfide) groups is 1. The molecule has 4 N–H and O–H groups in total. The van der Waals surface area contributed by atoms with Gasteiger partial charge in [-0.3, -0.25) is 19.9 Å². The average molecular weight is 432 g/mol. The molecule has 0 aliphatic carbocycles. The number of hydrogen-bond acceptors (Lipinski definition) is 6. The number of hydrazine groups is 1. The standard InChI is InChI=1S/C20H22ClN5O2S/c1-12-4-2-3-5-16(12)23-17(27)11-29-20-24-18-15(19(28)25-20)10-22-26(18)14-8-6-13(21)7-9-14/h2-9,15,18,20,22,24H,10-11H2,1H3,(H,23,27)(H,25,28). The SMILES string of the molecule is Cc1ccccc1NC(=O)CSC1NC(=O)C2CNN(c3ccc(Cl)cc3)C2N1. The van der Waals surface area contributed by atoms with Crippen LogP contribution in [0, 0.1) is 12.8 Å². The summed E-state index contributed by atoms with van der Waals surface area (Å²) in [6, 6.07) is 15.1. The van der Waals surface area contributed by atoms with Crippen molar-refractivity contribution < 1.29 is 9.59 Å².